The van der Waals surface area contributed by atoms with E-state index in [9.17, 15) is 4.79 Å². The number of carbonyl (C=O) groups is 1. The van der Waals surface area contributed by atoms with Gasteiger partial charge in [0, 0.05) is 17.6 Å². The van der Waals surface area contributed by atoms with Crippen LogP contribution in [0.3, 0.4) is 0 Å². The third kappa shape index (κ3) is 2.31. The molecule has 1 amide bonds. The number of hydrogen-bond donors (Lipinski definition) is 1. The highest BCUT2D eigenvalue weighted by atomic mass is 79.9. The van der Waals surface area contributed by atoms with Crippen LogP contribution in [0.15, 0.2) is 22.7 Å². The van der Waals surface area contributed by atoms with Crippen LogP contribution >= 0.6 is 15.9 Å². The summed E-state index contributed by atoms with van der Waals surface area (Å²) in [5, 5.41) is 3.29. The molecule has 3 rings (SSSR count). The zero-order valence-electron chi connectivity index (χ0n) is 10.3. The number of hydrogen-bond acceptors (Lipinski definition) is 2. The lowest BCUT2D eigenvalue weighted by Gasteiger charge is -2.31. The summed E-state index contributed by atoms with van der Waals surface area (Å²) < 4.78 is 1.12. The SMILES string of the molecule is O=C(C1CCCN1)N1CCc2cc(Br)ccc2C1. The molecule has 0 saturated carbocycles. The van der Waals surface area contributed by atoms with Gasteiger partial charge in [-0.1, -0.05) is 22.0 Å². The minimum absolute atomic E-state index is 0.0574. The molecule has 1 unspecified atom stereocenters. The van der Waals surface area contributed by atoms with E-state index in [0.717, 1.165) is 43.4 Å². The average Bonchev–Trinajstić information content (AvgIpc) is 2.91. The highest BCUT2D eigenvalue weighted by Gasteiger charge is 2.28. The molecule has 0 aromatic heterocycles. The van der Waals surface area contributed by atoms with E-state index in [1.54, 1.807) is 0 Å². The number of carbonyl (C=O) groups excluding carboxylic acids is 1. The van der Waals surface area contributed by atoms with Crippen molar-refractivity contribution in [3.63, 3.8) is 0 Å². The maximum absolute atomic E-state index is 12.3. The summed E-state index contributed by atoms with van der Waals surface area (Å²) >= 11 is 3.50. The van der Waals surface area contributed by atoms with Crippen LogP contribution in [0.25, 0.3) is 0 Å². The molecule has 0 radical (unpaired) electrons. The van der Waals surface area contributed by atoms with Gasteiger partial charge in [0.25, 0.3) is 0 Å². The van der Waals surface area contributed by atoms with E-state index in [2.05, 4.69) is 39.4 Å². The molecule has 0 aliphatic carbocycles. The number of fused-ring (bicyclic) bond motifs is 1. The van der Waals surface area contributed by atoms with Gasteiger partial charge in [0.05, 0.1) is 6.04 Å². The van der Waals surface area contributed by atoms with Crippen LogP contribution in [0.1, 0.15) is 24.0 Å². The van der Waals surface area contributed by atoms with Gasteiger partial charge >= 0.3 is 0 Å². The summed E-state index contributed by atoms with van der Waals surface area (Å²) in [5.74, 6) is 0.279. The van der Waals surface area contributed by atoms with Crippen LogP contribution in [-0.4, -0.2) is 29.9 Å². The first-order chi connectivity index (χ1) is 8.74. The molecule has 2 aliphatic rings. The zero-order chi connectivity index (χ0) is 12.5. The lowest BCUT2D eigenvalue weighted by Crippen LogP contribution is -2.45. The van der Waals surface area contributed by atoms with Crippen molar-refractivity contribution in [3.05, 3.63) is 33.8 Å². The van der Waals surface area contributed by atoms with Crippen LogP contribution in [0, 0.1) is 0 Å². The van der Waals surface area contributed by atoms with E-state index < -0.39 is 0 Å². The summed E-state index contributed by atoms with van der Waals surface area (Å²) in [4.78, 5) is 14.3. The molecule has 1 fully saturated rings. The maximum Gasteiger partial charge on any atom is 0.240 e. The predicted octanol–water partition coefficient (Wildman–Crippen LogP) is 2.09. The van der Waals surface area contributed by atoms with Crippen LogP contribution in [0.5, 0.6) is 0 Å². The second kappa shape index (κ2) is 5.02. The van der Waals surface area contributed by atoms with Crippen molar-refractivity contribution in [2.45, 2.75) is 31.8 Å². The van der Waals surface area contributed by atoms with Crippen molar-refractivity contribution in [1.82, 2.24) is 10.2 Å². The summed E-state index contributed by atoms with van der Waals surface area (Å²) in [6.07, 6.45) is 3.07. The summed E-state index contributed by atoms with van der Waals surface area (Å²) in [6.45, 7) is 2.59. The number of halogens is 1. The maximum atomic E-state index is 12.3. The fourth-order valence-corrected chi connectivity index (χ4v) is 3.23. The molecule has 1 N–H and O–H groups in total. The van der Waals surface area contributed by atoms with Gasteiger partial charge in [0.15, 0.2) is 0 Å². The van der Waals surface area contributed by atoms with Crippen molar-refractivity contribution in [2.24, 2.45) is 0 Å². The van der Waals surface area contributed by atoms with E-state index >= 15 is 0 Å². The molecule has 1 aromatic carbocycles. The van der Waals surface area contributed by atoms with Crippen molar-refractivity contribution in [3.8, 4) is 0 Å². The van der Waals surface area contributed by atoms with E-state index in [1.165, 1.54) is 11.1 Å². The highest BCUT2D eigenvalue weighted by Crippen LogP contribution is 2.24. The molecule has 0 spiro atoms. The number of nitrogens with zero attached hydrogens (tertiary/aromatic N) is 1. The first kappa shape index (κ1) is 12.2. The van der Waals surface area contributed by atoms with Crippen LogP contribution in [0.4, 0.5) is 0 Å². The van der Waals surface area contributed by atoms with Gasteiger partial charge in [-0.05, 0) is 49.1 Å². The van der Waals surface area contributed by atoms with Gasteiger partial charge in [-0.3, -0.25) is 4.79 Å². The number of nitrogens with one attached hydrogen (secondary N) is 1. The summed E-state index contributed by atoms with van der Waals surface area (Å²) in [5.41, 5.74) is 2.66. The number of rotatable bonds is 1. The van der Waals surface area contributed by atoms with Crippen molar-refractivity contribution in [2.75, 3.05) is 13.1 Å². The largest absolute Gasteiger partial charge is 0.337 e. The van der Waals surface area contributed by atoms with Gasteiger partial charge in [-0.25, -0.2) is 0 Å². The Bertz CT molecular complexity index is 469. The Morgan fingerprint density at radius 2 is 2.28 bits per heavy atom. The van der Waals surface area contributed by atoms with Gasteiger partial charge < -0.3 is 10.2 Å². The first-order valence-corrected chi connectivity index (χ1v) is 7.33. The van der Waals surface area contributed by atoms with E-state index in [1.807, 2.05) is 4.90 Å². The Kier molecular flexibility index (Phi) is 3.39. The molecular weight excluding hydrogens is 292 g/mol. The molecule has 1 aromatic rings. The molecule has 4 heteroatoms. The van der Waals surface area contributed by atoms with Crippen molar-refractivity contribution >= 4 is 21.8 Å². The molecule has 2 heterocycles. The summed E-state index contributed by atoms with van der Waals surface area (Å²) in [7, 11) is 0. The fraction of sp³-hybridized carbons (Fsp3) is 0.500. The Balaban J connectivity index is 1.74. The lowest BCUT2D eigenvalue weighted by atomic mass is 9.99. The van der Waals surface area contributed by atoms with Crippen LogP contribution in [-0.2, 0) is 17.8 Å². The Morgan fingerprint density at radius 1 is 1.39 bits per heavy atom. The smallest absolute Gasteiger partial charge is 0.240 e. The third-order valence-corrected chi connectivity index (χ3v) is 4.34. The molecule has 1 atom stereocenters. The molecule has 2 aliphatic heterocycles. The first-order valence-electron chi connectivity index (χ1n) is 6.53. The minimum atomic E-state index is 0.0574. The topological polar surface area (TPSA) is 32.3 Å². The number of benzene rings is 1. The Labute approximate surface area is 116 Å². The fourth-order valence-electron chi connectivity index (χ4n) is 2.83. The molecule has 96 valence electrons. The molecular formula is C14H17BrN2O. The summed E-state index contributed by atoms with van der Waals surface area (Å²) in [6, 6.07) is 6.41. The molecule has 3 nitrogen and oxygen atoms in total. The monoisotopic (exact) mass is 308 g/mol. The van der Waals surface area contributed by atoms with Crippen molar-refractivity contribution in [1.29, 1.82) is 0 Å². The zero-order valence-corrected chi connectivity index (χ0v) is 11.9. The molecule has 18 heavy (non-hydrogen) atoms. The van der Waals surface area contributed by atoms with Gasteiger partial charge in [-0.2, -0.15) is 0 Å². The second-order valence-corrected chi connectivity index (χ2v) is 5.99. The van der Waals surface area contributed by atoms with Gasteiger partial charge in [-0.15, -0.1) is 0 Å². The standard InChI is InChI=1S/C14H17BrN2O/c15-12-4-3-11-9-17(7-5-10(11)8-12)14(18)13-2-1-6-16-13/h3-4,8,13,16H,1-2,5-7,9H2. The Morgan fingerprint density at radius 3 is 3.06 bits per heavy atom. The quantitative estimate of drug-likeness (QED) is 0.861. The number of amides is 1. The van der Waals surface area contributed by atoms with Crippen LogP contribution in [0.2, 0.25) is 0 Å². The van der Waals surface area contributed by atoms with E-state index in [-0.39, 0.29) is 11.9 Å². The molecule has 1 saturated heterocycles. The predicted molar refractivity (Wildman–Crippen MR) is 74.3 cm³/mol. The second-order valence-electron chi connectivity index (χ2n) is 5.07. The van der Waals surface area contributed by atoms with E-state index in [0.29, 0.717) is 0 Å². The average molecular weight is 309 g/mol. The van der Waals surface area contributed by atoms with E-state index in [4.69, 9.17) is 0 Å². The molecule has 0 bridgehead atoms. The van der Waals surface area contributed by atoms with Gasteiger partial charge in [0.2, 0.25) is 5.91 Å². The highest BCUT2D eigenvalue weighted by molar-refractivity contribution is 9.10. The normalized spacial score (nSPS) is 22.9. The van der Waals surface area contributed by atoms with Crippen molar-refractivity contribution < 1.29 is 4.79 Å². The van der Waals surface area contributed by atoms with Crippen LogP contribution < -0.4 is 5.32 Å². The minimum Gasteiger partial charge on any atom is -0.337 e. The van der Waals surface area contributed by atoms with Gasteiger partial charge in [0.1, 0.15) is 0 Å². The third-order valence-electron chi connectivity index (χ3n) is 3.85. The Hall–Kier alpha value is -0.870. The lowest BCUT2D eigenvalue weighted by molar-refractivity contribution is -0.134.